The topological polar surface area (TPSA) is 102 Å². The molecule has 11 heteroatoms. The van der Waals surface area contributed by atoms with Gasteiger partial charge in [-0.2, -0.15) is 18.3 Å². The second-order valence-electron chi connectivity index (χ2n) is 6.97. The van der Waals surface area contributed by atoms with Crippen LogP contribution in [0.1, 0.15) is 44.7 Å². The monoisotopic (exact) mass is 435 g/mol. The van der Waals surface area contributed by atoms with Crippen molar-refractivity contribution in [2.75, 3.05) is 5.32 Å². The van der Waals surface area contributed by atoms with Gasteiger partial charge in [0.15, 0.2) is 11.5 Å². The van der Waals surface area contributed by atoms with Gasteiger partial charge in [0.05, 0.1) is 23.0 Å². The summed E-state index contributed by atoms with van der Waals surface area (Å²) in [6.07, 6.45) is -1.82. The predicted molar refractivity (Wildman–Crippen MR) is 106 cm³/mol. The lowest BCUT2D eigenvalue weighted by atomic mass is 9.98. The fourth-order valence-corrected chi connectivity index (χ4v) is 3.48. The van der Waals surface area contributed by atoms with E-state index in [-0.39, 0.29) is 22.6 Å². The summed E-state index contributed by atoms with van der Waals surface area (Å²) in [5.41, 5.74) is 0.532. The van der Waals surface area contributed by atoms with Gasteiger partial charge in [0.1, 0.15) is 0 Å². The van der Waals surface area contributed by atoms with Gasteiger partial charge in [-0.15, -0.1) is 0 Å². The first kappa shape index (κ1) is 22.1. The van der Waals surface area contributed by atoms with Gasteiger partial charge < -0.3 is 15.0 Å². The number of nitrogens with zero attached hydrogens (tertiary/aromatic N) is 4. The van der Waals surface area contributed by atoms with Crippen molar-refractivity contribution in [1.29, 1.82) is 0 Å². The molecular weight excluding hydrogens is 415 g/mol. The molecule has 0 aliphatic rings. The van der Waals surface area contributed by atoms with E-state index in [0.29, 0.717) is 23.2 Å². The van der Waals surface area contributed by atoms with Gasteiger partial charge in [0.2, 0.25) is 0 Å². The van der Waals surface area contributed by atoms with Gasteiger partial charge in [-0.3, -0.25) is 9.48 Å². The summed E-state index contributed by atoms with van der Waals surface area (Å²) in [4.78, 5) is 28.2. The molecule has 0 atom stereocenters. The number of carboxylic acid groups (broad SMARTS) is 1. The Morgan fingerprint density at radius 3 is 2.48 bits per heavy atom. The number of aromatic nitrogens is 4. The van der Waals surface area contributed by atoms with Crippen molar-refractivity contribution in [3.8, 4) is 11.3 Å². The normalized spacial score (nSPS) is 11.6. The summed E-state index contributed by atoms with van der Waals surface area (Å²) in [6.45, 7) is 3.49. The third kappa shape index (κ3) is 4.03. The Labute approximate surface area is 175 Å². The van der Waals surface area contributed by atoms with E-state index in [2.05, 4.69) is 15.4 Å². The number of anilines is 1. The molecule has 1 amide bonds. The van der Waals surface area contributed by atoms with Crippen molar-refractivity contribution >= 4 is 17.6 Å². The molecule has 3 aromatic rings. The largest absolute Gasteiger partial charge is 0.478 e. The van der Waals surface area contributed by atoms with Crippen molar-refractivity contribution in [3.05, 3.63) is 52.7 Å². The number of benzene rings is 1. The van der Waals surface area contributed by atoms with Gasteiger partial charge in [0.25, 0.3) is 5.91 Å². The van der Waals surface area contributed by atoms with Crippen LogP contribution in [0.25, 0.3) is 11.3 Å². The van der Waals surface area contributed by atoms with Crippen molar-refractivity contribution in [3.63, 3.8) is 0 Å². The van der Waals surface area contributed by atoms with Crippen LogP contribution in [-0.4, -0.2) is 36.3 Å². The number of aryl methyl sites for hydroxylation is 1. The average molecular weight is 435 g/mol. The SMILES string of the molecule is CCc1c(C(=O)O)ccc(NC(=O)c2ncc(-c3cn(C)nc3C(F)(F)F)n2C)c1C. The average Bonchev–Trinajstić information content (AvgIpc) is 3.25. The molecule has 0 saturated heterocycles. The Morgan fingerprint density at radius 1 is 1.23 bits per heavy atom. The van der Waals surface area contributed by atoms with Gasteiger partial charge >= 0.3 is 12.1 Å². The smallest absolute Gasteiger partial charge is 0.435 e. The number of alkyl halides is 3. The Morgan fingerprint density at radius 2 is 1.90 bits per heavy atom. The number of nitrogens with one attached hydrogen (secondary N) is 1. The molecule has 0 aliphatic heterocycles. The first-order valence-corrected chi connectivity index (χ1v) is 9.25. The Balaban J connectivity index is 1.96. The molecular formula is C20H20F3N5O3. The summed E-state index contributed by atoms with van der Waals surface area (Å²) in [6, 6.07) is 2.88. The highest BCUT2D eigenvalue weighted by Gasteiger charge is 2.38. The second kappa shape index (κ2) is 7.89. The molecule has 0 saturated carbocycles. The minimum absolute atomic E-state index is 0.0813. The Kier molecular flexibility index (Phi) is 5.62. The van der Waals surface area contributed by atoms with Crippen LogP contribution in [0.4, 0.5) is 18.9 Å². The number of hydrogen-bond donors (Lipinski definition) is 2. The van der Waals surface area contributed by atoms with Crippen LogP contribution in [0.15, 0.2) is 24.5 Å². The number of carbonyl (C=O) groups excluding carboxylic acids is 1. The van der Waals surface area contributed by atoms with Crippen molar-refractivity contribution in [2.24, 2.45) is 14.1 Å². The molecule has 0 fully saturated rings. The quantitative estimate of drug-likeness (QED) is 0.637. The van der Waals surface area contributed by atoms with Crippen LogP contribution in [0.3, 0.4) is 0 Å². The maximum atomic E-state index is 13.3. The van der Waals surface area contributed by atoms with Crippen LogP contribution < -0.4 is 5.32 Å². The maximum absolute atomic E-state index is 13.3. The van der Waals surface area contributed by atoms with Crippen LogP contribution in [0, 0.1) is 6.92 Å². The van der Waals surface area contributed by atoms with E-state index in [4.69, 9.17) is 0 Å². The molecule has 3 rings (SSSR count). The number of amides is 1. The van der Waals surface area contributed by atoms with E-state index in [0.717, 1.165) is 4.68 Å². The summed E-state index contributed by atoms with van der Waals surface area (Å²) < 4.78 is 42.2. The van der Waals surface area contributed by atoms with E-state index < -0.39 is 23.7 Å². The fourth-order valence-electron chi connectivity index (χ4n) is 3.48. The molecule has 164 valence electrons. The number of aromatic carboxylic acids is 1. The summed E-state index contributed by atoms with van der Waals surface area (Å²) in [5, 5.41) is 15.5. The summed E-state index contributed by atoms with van der Waals surface area (Å²) >= 11 is 0. The number of imidazole rings is 1. The molecule has 0 aliphatic carbocycles. The van der Waals surface area contributed by atoms with Crippen LogP contribution in [0.5, 0.6) is 0 Å². The highest BCUT2D eigenvalue weighted by molar-refractivity contribution is 6.03. The van der Waals surface area contributed by atoms with E-state index in [1.54, 1.807) is 13.8 Å². The minimum atomic E-state index is -4.66. The molecule has 2 heterocycles. The van der Waals surface area contributed by atoms with Gasteiger partial charge in [-0.25, -0.2) is 9.78 Å². The standard InChI is InChI=1S/C20H20F3N5O3/c1-5-11-10(2)14(7-6-12(11)19(30)31)25-18(29)17-24-8-15(28(17)4)13-9-27(3)26-16(13)20(21,22)23/h6-9H,5H2,1-4H3,(H,25,29)(H,30,31). The van der Waals surface area contributed by atoms with Crippen LogP contribution >= 0.6 is 0 Å². The number of hydrogen-bond acceptors (Lipinski definition) is 4. The van der Waals surface area contributed by atoms with Crippen molar-refractivity contribution in [1.82, 2.24) is 19.3 Å². The number of rotatable bonds is 5. The van der Waals surface area contributed by atoms with Crippen LogP contribution in [-0.2, 0) is 26.7 Å². The van der Waals surface area contributed by atoms with Crippen molar-refractivity contribution in [2.45, 2.75) is 26.4 Å². The van der Waals surface area contributed by atoms with E-state index in [1.807, 2.05) is 0 Å². The van der Waals surface area contributed by atoms with Crippen molar-refractivity contribution < 1.29 is 27.9 Å². The second-order valence-corrected chi connectivity index (χ2v) is 6.97. The van der Waals surface area contributed by atoms with Gasteiger partial charge in [0, 0.05) is 26.0 Å². The van der Waals surface area contributed by atoms with Crippen LogP contribution in [0.2, 0.25) is 0 Å². The zero-order chi connectivity index (χ0) is 23.1. The third-order valence-electron chi connectivity index (χ3n) is 5.00. The molecule has 2 aromatic heterocycles. The lowest BCUT2D eigenvalue weighted by Gasteiger charge is -2.14. The first-order valence-electron chi connectivity index (χ1n) is 9.25. The van der Waals surface area contributed by atoms with Gasteiger partial charge in [-0.05, 0) is 36.6 Å². The van der Waals surface area contributed by atoms with E-state index >= 15 is 0 Å². The molecule has 0 spiro atoms. The van der Waals surface area contributed by atoms with E-state index in [9.17, 15) is 27.9 Å². The molecule has 8 nitrogen and oxygen atoms in total. The molecule has 0 radical (unpaired) electrons. The minimum Gasteiger partial charge on any atom is -0.478 e. The zero-order valence-corrected chi connectivity index (χ0v) is 17.2. The molecule has 0 bridgehead atoms. The highest BCUT2D eigenvalue weighted by Crippen LogP contribution is 2.36. The molecule has 1 aromatic carbocycles. The Bertz CT molecular complexity index is 1180. The zero-order valence-electron chi connectivity index (χ0n) is 17.2. The first-order chi connectivity index (χ1) is 14.5. The molecule has 0 unspecified atom stereocenters. The van der Waals surface area contributed by atoms with E-state index in [1.165, 1.54) is 43.2 Å². The number of carboxylic acids is 1. The lowest BCUT2D eigenvalue weighted by molar-refractivity contribution is -0.141. The molecule has 2 N–H and O–H groups in total. The maximum Gasteiger partial charge on any atom is 0.435 e. The number of halogens is 3. The predicted octanol–water partition coefficient (Wildman–Crippen LogP) is 3.66. The number of carbonyl (C=O) groups is 2. The third-order valence-corrected chi connectivity index (χ3v) is 5.00. The highest BCUT2D eigenvalue weighted by atomic mass is 19.4. The molecule has 31 heavy (non-hydrogen) atoms. The summed E-state index contributed by atoms with van der Waals surface area (Å²) in [5.74, 6) is -1.81. The Hall–Kier alpha value is -3.63. The summed E-state index contributed by atoms with van der Waals surface area (Å²) in [7, 11) is 2.81. The fraction of sp³-hybridized carbons (Fsp3) is 0.300. The van der Waals surface area contributed by atoms with Gasteiger partial charge in [-0.1, -0.05) is 6.92 Å². The lowest BCUT2D eigenvalue weighted by Crippen LogP contribution is -2.19.